The van der Waals surface area contributed by atoms with Crippen LogP contribution in [0.5, 0.6) is 0 Å². The van der Waals surface area contributed by atoms with E-state index in [9.17, 15) is 9.00 Å². The molecule has 0 heterocycles. The van der Waals surface area contributed by atoms with E-state index in [1.165, 1.54) is 0 Å². The van der Waals surface area contributed by atoms with E-state index in [4.69, 9.17) is 5.73 Å². The van der Waals surface area contributed by atoms with Gasteiger partial charge in [0.15, 0.2) is 0 Å². The summed E-state index contributed by atoms with van der Waals surface area (Å²) in [5.74, 6) is 0.218. The van der Waals surface area contributed by atoms with Crippen molar-refractivity contribution in [3.63, 3.8) is 0 Å². The van der Waals surface area contributed by atoms with Gasteiger partial charge >= 0.3 is 0 Å². The molecule has 0 aliphatic carbocycles. The molecule has 2 unspecified atom stereocenters. The predicted molar refractivity (Wildman–Crippen MR) is 74.4 cm³/mol. The number of hydrogen-bond acceptors (Lipinski definition) is 3. The van der Waals surface area contributed by atoms with Crippen molar-refractivity contribution in [1.29, 1.82) is 0 Å². The van der Waals surface area contributed by atoms with Crippen LogP contribution in [0.15, 0.2) is 30.3 Å². The lowest BCUT2D eigenvalue weighted by atomic mass is 10.2. The highest BCUT2D eigenvalue weighted by molar-refractivity contribution is 7.85. The molecule has 0 fully saturated rings. The highest BCUT2D eigenvalue weighted by atomic mass is 32.2. The van der Waals surface area contributed by atoms with Crippen LogP contribution in [0.2, 0.25) is 0 Å². The number of benzene rings is 1. The first-order valence-electron chi connectivity index (χ1n) is 6.03. The second kappa shape index (κ2) is 8.00. The van der Waals surface area contributed by atoms with Crippen LogP contribution < -0.4 is 11.1 Å². The van der Waals surface area contributed by atoms with Gasteiger partial charge in [-0.15, -0.1) is 0 Å². The first kappa shape index (κ1) is 14.9. The molecule has 0 spiro atoms. The van der Waals surface area contributed by atoms with Crippen LogP contribution in [0, 0.1) is 0 Å². The van der Waals surface area contributed by atoms with Gasteiger partial charge in [-0.2, -0.15) is 0 Å². The van der Waals surface area contributed by atoms with E-state index in [-0.39, 0.29) is 17.7 Å². The molecule has 18 heavy (non-hydrogen) atoms. The quantitative estimate of drug-likeness (QED) is 0.768. The van der Waals surface area contributed by atoms with Crippen molar-refractivity contribution in [2.45, 2.75) is 25.9 Å². The highest BCUT2D eigenvalue weighted by Crippen LogP contribution is 1.97. The molecule has 0 saturated carbocycles. The summed E-state index contributed by atoms with van der Waals surface area (Å²) in [5, 5.41) is 2.75. The maximum absolute atomic E-state index is 11.6. The average molecular weight is 268 g/mol. The van der Waals surface area contributed by atoms with Crippen molar-refractivity contribution in [2.24, 2.45) is 5.73 Å². The van der Waals surface area contributed by atoms with E-state index < -0.39 is 10.8 Å². The van der Waals surface area contributed by atoms with Gasteiger partial charge in [0.05, 0.1) is 0 Å². The Balaban J connectivity index is 2.27. The van der Waals surface area contributed by atoms with Crippen LogP contribution >= 0.6 is 0 Å². The molecule has 100 valence electrons. The van der Waals surface area contributed by atoms with Crippen LogP contribution in [0.4, 0.5) is 0 Å². The zero-order chi connectivity index (χ0) is 13.4. The van der Waals surface area contributed by atoms with Gasteiger partial charge in [0.2, 0.25) is 5.91 Å². The van der Waals surface area contributed by atoms with E-state index in [0.717, 1.165) is 12.0 Å². The first-order chi connectivity index (χ1) is 8.61. The Morgan fingerprint density at radius 3 is 2.67 bits per heavy atom. The molecule has 0 radical (unpaired) electrons. The molecule has 1 amide bonds. The molecule has 2 atom stereocenters. The fourth-order valence-electron chi connectivity index (χ4n) is 1.41. The molecule has 0 aliphatic rings. The minimum Gasteiger partial charge on any atom is -0.351 e. The van der Waals surface area contributed by atoms with Gasteiger partial charge in [-0.3, -0.25) is 9.00 Å². The Morgan fingerprint density at radius 2 is 2.06 bits per heavy atom. The van der Waals surface area contributed by atoms with Crippen molar-refractivity contribution in [3.05, 3.63) is 35.9 Å². The fourth-order valence-corrected chi connectivity index (χ4v) is 2.63. The van der Waals surface area contributed by atoms with E-state index in [1.54, 1.807) is 0 Å². The fraction of sp³-hybridized carbons (Fsp3) is 0.462. The number of carbonyl (C=O) groups is 1. The Bertz CT molecular complexity index is 395. The second-order valence-corrected chi connectivity index (χ2v) is 5.68. The molecular formula is C13H20N2O2S. The number of amides is 1. The van der Waals surface area contributed by atoms with E-state index in [2.05, 4.69) is 5.32 Å². The van der Waals surface area contributed by atoms with Crippen LogP contribution in [-0.2, 0) is 22.1 Å². The van der Waals surface area contributed by atoms with E-state index >= 15 is 0 Å². The van der Waals surface area contributed by atoms with Gasteiger partial charge in [-0.1, -0.05) is 37.3 Å². The highest BCUT2D eigenvalue weighted by Gasteiger charge is 2.10. The van der Waals surface area contributed by atoms with Crippen LogP contribution in [0.3, 0.4) is 0 Å². The number of hydrogen-bond donors (Lipinski definition) is 2. The number of rotatable bonds is 7. The Hall–Kier alpha value is -1.20. The minimum absolute atomic E-state index is 0.0283. The van der Waals surface area contributed by atoms with E-state index in [1.807, 2.05) is 37.3 Å². The molecule has 3 N–H and O–H groups in total. The minimum atomic E-state index is -1.18. The predicted octanol–water partition coefficient (Wildman–Crippen LogP) is 0.789. The topological polar surface area (TPSA) is 72.2 Å². The summed E-state index contributed by atoms with van der Waals surface area (Å²) in [7, 11) is -1.18. The number of nitrogens with one attached hydrogen (secondary N) is 1. The molecule has 1 rings (SSSR count). The summed E-state index contributed by atoms with van der Waals surface area (Å²) >= 11 is 0. The lowest BCUT2D eigenvalue weighted by molar-refractivity contribution is -0.118. The summed E-state index contributed by atoms with van der Waals surface area (Å²) in [5.41, 5.74) is 6.72. The molecule has 0 aromatic heterocycles. The van der Waals surface area contributed by atoms with Gasteiger partial charge in [0.25, 0.3) is 0 Å². The van der Waals surface area contributed by atoms with Gasteiger partial charge in [0.1, 0.15) is 5.75 Å². The number of carbonyl (C=O) groups excluding carboxylic acids is 1. The summed E-state index contributed by atoms with van der Waals surface area (Å²) in [6.07, 6.45) is 0.775. The molecule has 1 aromatic carbocycles. The van der Waals surface area contributed by atoms with Gasteiger partial charge in [-0.05, 0) is 12.0 Å². The molecular weight excluding hydrogens is 248 g/mol. The summed E-state index contributed by atoms with van der Waals surface area (Å²) in [6, 6.07) is 9.54. The van der Waals surface area contributed by atoms with Crippen molar-refractivity contribution < 1.29 is 9.00 Å². The second-order valence-electron chi connectivity index (χ2n) is 4.18. The van der Waals surface area contributed by atoms with Crippen LogP contribution in [0.25, 0.3) is 0 Å². The molecule has 0 bridgehead atoms. The Kier molecular flexibility index (Phi) is 6.60. The third kappa shape index (κ3) is 5.93. The van der Waals surface area contributed by atoms with Crippen molar-refractivity contribution >= 4 is 16.7 Å². The average Bonchev–Trinajstić information content (AvgIpc) is 2.37. The monoisotopic (exact) mass is 268 g/mol. The summed E-state index contributed by atoms with van der Waals surface area (Å²) in [6.45, 7) is 2.41. The van der Waals surface area contributed by atoms with Crippen LogP contribution in [0.1, 0.15) is 18.9 Å². The Morgan fingerprint density at radius 1 is 1.39 bits per heavy atom. The molecule has 0 aliphatic heterocycles. The largest absolute Gasteiger partial charge is 0.351 e. The van der Waals surface area contributed by atoms with Gasteiger partial charge in [-0.25, -0.2) is 0 Å². The van der Waals surface area contributed by atoms with E-state index in [0.29, 0.717) is 12.3 Å². The lowest BCUT2D eigenvalue weighted by Crippen LogP contribution is -2.33. The van der Waals surface area contributed by atoms with Crippen molar-refractivity contribution in [3.8, 4) is 0 Å². The number of nitrogens with two attached hydrogens (primary N) is 1. The zero-order valence-electron chi connectivity index (χ0n) is 10.6. The summed E-state index contributed by atoms with van der Waals surface area (Å²) in [4.78, 5) is 11.6. The summed E-state index contributed by atoms with van der Waals surface area (Å²) < 4.78 is 11.6. The lowest BCUT2D eigenvalue weighted by Gasteiger charge is -2.08. The van der Waals surface area contributed by atoms with Crippen molar-refractivity contribution in [1.82, 2.24) is 5.32 Å². The SMILES string of the molecule is CCC(N)CS(=O)CC(=O)NCc1ccccc1. The normalized spacial score (nSPS) is 13.9. The molecule has 5 heteroatoms. The maximum Gasteiger partial charge on any atom is 0.232 e. The maximum atomic E-state index is 11.6. The first-order valence-corrected chi connectivity index (χ1v) is 7.51. The third-order valence-corrected chi connectivity index (χ3v) is 3.93. The smallest absolute Gasteiger partial charge is 0.232 e. The molecule has 4 nitrogen and oxygen atoms in total. The van der Waals surface area contributed by atoms with Gasteiger partial charge < -0.3 is 11.1 Å². The standard InChI is InChI=1S/C13H20N2O2S/c1-2-12(14)9-18(17)10-13(16)15-8-11-6-4-3-5-7-11/h3-7,12H,2,8-10,14H2,1H3,(H,15,16). The molecule has 0 saturated heterocycles. The van der Waals surface area contributed by atoms with Gasteiger partial charge in [0, 0.05) is 29.1 Å². The van der Waals surface area contributed by atoms with Crippen molar-refractivity contribution in [2.75, 3.05) is 11.5 Å². The molecule has 1 aromatic rings. The zero-order valence-corrected chi connectivity index (χ0v) is 11.4. The van der Waals surface area contributed by atoms with Crippen LogP contribution in [-0.4, -0.2) is 27.7 Å². The Labute approximate surface area is 110 Å². The third-order valence-electron chi connectivity index (χ3n) is 2.55.